The smallest absolute Gasteiger partial charge is 0.178 e. The maximum absolute atomic E-state index is 13.4. The van der Waals surface area contributed by atoms with Gasteiger partial charge < -0.3 is 9.55 Å². The van der Waals surface area contributed by atoms with Gasteiger partial charge in [-0.3, -0.25) is 0 Å². The molecule has 0 spiro atoms. The maximum atomic E-state index is 13.4. The predicted octanol–water partition coefficient (Wildman–Crippen LogP) is 4.59. The molecule has 0 bridgehead atoms. The molecule has 1 aliphatic carbocycles. The number of benzene rings is 1. The van der Waals surface area contributed by atoms with Gasteiger partial charge >= 0.3 is 0 Å². The highest BCUT2D eigenvalue weighted by Gasteiger charge is 2.24. The number of aromatic nitrogens is 2. The van der Waals surface area contributed by atoms with Gasteiger partial charge in [-0.25, -0.2) is 4.39 Å². The van der Waals surface area contributed by atoms with Gasteiger partial charge in [0.15, 0.2) is 4.77 Å². The van der Waals surface area contributed by atoms with Gasteiger partial charge in [-0.15, -0.1) is 0 Å². The zero-order chi connectivity index (χ0) is 12.7. The van der Waals surface area contributed by atoms with Crippen molar-refractivity contribution in [1.29, 1.82) is 0 Å². The van der Waals surface area contributed by atoms with Crippen molar-refractivity contribution in [1.82, 2.24) is 9.55 Å². The zero-order valence-electron chi connectivity index (χ0n) is 10.4. The monoisotopic (exact) mass is 264 g/mol. The lowest BCUT2D eigenvalue weighted by Crippen LogP contribution is -2.21. The fourth-order valence-electron chi connectivity index (χ4n) is 3.10. The number of nitrogens with zero attached hydrogens (tertiary/aromatic N) is 1. The van der Waals surface area contributed by atoms with E-state index in [1.54, 1.807) is 12.1 Å². The van der Waals surface area contributed by atoms with Crippen molar-refractivity contribution >= 4 is 23.3 Å². The molecule has 0 amide bonds. The van der Waals surface area contributed by atoms with E-state index < -0.39 is 0 Å². The largest absolute Gasteiger partial charge is 0.331 e. The summed E-state index contributed by atoms with van der Waals surface area (Å²) in [4.78, 5) is 3.18. The van der Waals surface area contributed by atoms with Gasteiger partial charge in [0.1, 0.15) is 5.82 Å². The Morgan fingerprint density at radius 1 is 1.33 bits per heavy atom. The number of rotatable bonds is 1. The summed E-state index contributed by atoms with van der Waals surface area (Å²) in [7, 11) is 0. The van der Waals surface area contributed by atoms with E-state index in [9.17, 15) is 4.39 Å². The molecule has 3 rings (SSSR count). The van der Waals surface area contributed by atoms with Crippen molar-refractivity contribution in [2.75, 3.05) is 0 Å². The van der Waals surface area contributed by atoms with E-state index in [0.717, 1.165) is 17.5 Å². The van der Waals surface area contributed by atoms with E-state index in [1.807, 2.05) is 0 Å². The van der Waals surface area contributed by atoms with Crippen molar-refractivity contribution in [3.8, 4) is 0 Å². The highest BCUT2D eigenvalue weighted by atomic mass is 32.1. The second-order valence-electron chi connectivity index (χ2n) is 5.29. The van der Waals surface area contributed by atoms with Crippen LogP contribution in [0.15, 0.2) is 18.2 Å². The highest BCUT2D eigenvalue weighted by molar-refractivity contribution is 7.71. The second kappa shape index (κ2) is 4.50. The molecule has 1 N–H and O–H groups in total. The van der Waals surface area contributed by atoms with Crippen molar-refractivity contribution in [2.24, 2.45) is 5.92 Å². The van der Waals surface area contributed by atoms with Crippen molar-refractivity contribution in [2.45, 2.75) is 38.6 Å². The Morgan fingerprint density at radius 2 is 2.11 bits per heavy atom. The summed E-state index contributed by atoms with van der Waals surface area (Å²) in [6, 6.07) is 5.23. The van der Waals surface area contributed by atoms with Crippen LogP contribution in [0.25, 0.3) is 11.0 Å². The first-order chi connectivity index (χ1) is 8.66. The molecule has 1 saturated carbocycles. The summed E-state index contributed by atoms with van der Waals surface area (Å²) < 4.78 is 16.3. The molecular formula is C14H17FN2S. The molecule has 96 valence electrons. The lowest BCUT2D eigenvalue weighted by molar-refractivity contribution is 0.260. The highest BCUT2D eigenvalue weighted by Crippen LogP contribution is 2.35. The summed E-state index contributed by atoms with van der Waals surface area (Å²) >= 11 is 5.41. The molecule has 0 saturated heterocycles. The van der Waals surface area contributed by atoms with E-state index in [2.05, 4.69) is 16.5 Å². The number of imidazole rings is 1. The number of hydrogen-bond acceptors (Lipinski definition) is 1. The minimum absolute atomic E-state index is 0.200. The Labute approximate surface area is 111 Å². The van der Waals surface area contributed by atoms with Crippen LogP contribution in [0, 0.1) is 16.5 Å². The summed E-state index contributed by atoms with van der Waals surface area (Å²) in [5, 5.41) is 0. The Hall–Kier alpha value is -1.16. The molecule has 1 aliphatic rings. The number of aromatic amines is 1. The molecule has 0 aliphatic heterocycles. The molecule has 0 radical (unpaired) electrons. The van der Waals surface area contributed by atoms with Crippen molar-refractivity contribution < 1.29 is 4.39 Å². The maximum Gasteiger partial charge on any atom is 0.178 e. The molecule has 1 heterocycles. The molecule has 2 aromatic rings. The molecular weight excluding hydrogens is 247 g/mol. The fourth-order valence-corrected chi connectivity index (χ4v) is 3.45. The van der Waals surface area contributed by atoms with E-state index in [-0.39, 0.29) is 5.82 Å². The number of halogens is 1. The van der Waals surface area contributed by atoms with Crippen LogP contribution < -0.4 is 0 Å². The van der Waals surface area contributed by atoms with Crippen LogP contribution in [0.1, 0.15) is 38.6 Å². The van der Waals surface area contributed by atoms with Crippen molar-refractivity contribution in [3.05, 3.63) is 28.8 Å². The van der Waals surface area contributed by atoms with E-state index in [0.29, 0.717) is 16.7 Å². The second-order valence-corrected chi connectivity index (χ2v) is 5.68. The van der Waals surface area contributed by atoms with Crippen LogP contribution in [0.2, 0.25) is 0 Å². The zero-order valence-corrected chi connectivity index (χ0v) is 11.3. The standard InChI is InChI=1S/C14H17FN2S/c1-9-4-2-3-5-12(9)17-13-8-10(15)6-7-11(13)16-14(17)18/h6-9,12H,2-5H2,1H3,(H,16,18). The summed E-state index contributed by atoms with van der Waals surface area (Å²) in [6.45, 7) is 2.27. The Kier molecular flexibility index (Phi) is 2.98. The third kappa shape index (κ3) is 1.88. The third-order valence-electron chi connectivity index (χ3n) is 4.08. The van der Waals surface area contributed by atoms with Crippen LogP contribution in [0.3, 0.4) is 0 Å². The minimum atomic E-state index is -0.200. The molecule has 2 atom stereocenters. The first-order valence-electron chi connectivity index (χ1n) is 6.56. The quantitative estimate of drug-likeness (QED) is 0.747. The van der Waals surface area contributed by atoms with Crippen LogP contribution in [-0.2, 0) is 0 Å². The van der Waals surface area contributed by atoms with Crippen molar-refractivity contribution in [3.63, 3.8) is 0 Å². The molecule has 1 fully saturated rings. The summed E-state index contributed by atoms with van der Waals surface area (Å²) in [6.07, 6.45) is 4.90. The van der Waals surface area contributed by atoms with E-state index in [1.165, 1.54) is 25.3 Å². The predicted molar refractivity (Wildman–Crippen MR) is 73.7 cm³/mol. The Morgan fingerprint density at radius 3 is 2.89 bits per heavy atom. The Balaban J connectivity index is 2.18. The summed E-state index contributed by atoms with van der Waals surface area (Å²) in [5.74, 6) is 0.404. The molecule has 4 heteroatoms. The van der Waals surface area contributed by atoms with Crippen LogP contribution in [-0.4, -0.2) is 9.55 Å². The average Bonchev–Trinajstić information content (AvgIpc) is 2.66. The molecule has 1 aromatic heterocycles. The van der Waals surface area contributed by atoms with Gasteiger partial charge in [-0.05, 0) is 49.2 Å². The molecule has 2 nitrogen and oxygen atoms in total. The number of H-pyrrole nitrogens is 1. The van der Waals surface area contributed by atoms with Gasteiger partial charge in [-0.2, -0.15) is 0 Å². The minimum Gasteiger partial charge on any atom is -0.331 e. The normalized spacial score (nSPS) is 24.6. The summed E-state index contributed by atoms with van der Waals surface area (Å²) in [5.41, 5.74) is 1.83. The van der Waals surface area contributed by atoms with Crippen LogP contribution in [0.5, 0.6) is 0 Å². The van der Waals surface area contributed by atoms with Gasteiger partial charge in [0.25, 0.3) is 0 Å². The average molecular weight is 264 g/mol. The van der Waals surface area contributed by atoms with Crippen LogP contribution >= 0.6 is 12.2 Å². The topological polar surface area (TPSA) is 20.7 Å². The van der Waals surface area contributed by atoms with Gasteiger partial charge in [0.2, 0.25) is 0 Å². The van der Waals surface area contributed by atoms with Gasteiger partial charge in [0.05, 0.1) is 11.0 Å². The fraction of sp³-hybridized carbons (Fsp3) is 0.500. The van der Waals surface area contributed by atoms with Gasteiger partial charge in [-0.1, -0.05) is 19.8 Å². The van der Waals surface area contributed by atoms with E-state index >= 15 is 0 Å². The van der Waals surface area contributed by atoms with Crippen LogP contribution in [0.4, 0.5) is 4.39 Å². The molecule has 1 aromatic carbocycles. The lowest BCUT2D eigenvalue weighted by Gasteiger charge is -2.30. The number of hydrogen-bond donors (Lipinski definition) is 1. The number of fused-ring (bicyclic) bond motifs is 1. The molecule has 2 unspecified atom stereocenters. The SMILES string of the molecule is CC1CCCCC1n1c(=S)[nH]c2ccc(F)cc21. The Bertz CT molecular complexity index is 628. The first-order valence-corrected chi connectivity index (χ1v) is 6.97. The third-order valence-corrected chi connectivity index (χ3v) is 4.38. The lowest BCUT2D eigenvalue weighted by atomic mass is 9.85. The van der Waals surface area contributed by atoms with E-state index in [4.69, 9.17) is 12.2 Å². The van der Waals surface area contributed by atoms with Gasteiger partial charge in [0, 0.05) is 6.04 Å². The first kappa shape index (κ1) is 11.9. The number of nitrogens with one attached hydrogen (secondary N) is 1. The molecule has 18 heavy (non-hydrogen) atoms.